The lowest BCUT2D eigenvalue weighted by molar-refractivity contribution is -0.384. The lowest BCUT2D eigenvalue weighted by Crippen LogP contribution is -2.22. The Kier molecular flexibility index (Phi) is 5.43. The molecule has 7 nitrogen and oxygen atoms in total. The van der Waals surface area contributed by atoms with E-state index in [2.05, 4.69) is 5.32 Å². The van der Waals surface area contributed by atoms with E-state index in [0.29, 0.717) is 5.56 Å². The maximum Gasteiger partial charge on any atom is 0.341 e. The number of halogens is 1. The van der Waals surface area contributed by atoms with Gasteiger partial charge in [0, 0.05) is 6.07 Å². The standard InChI is InChI=1S/C17H15FN2O5/c1-10-7-14(15(20(23)24)8-11(10)2)19-16(21)9-25-17(22)12-5-3-4-6-13(12)18/h3-8H,9H2,1-2H3,(H,19,21). The SMILES string of the molecule is Cc1cc(NC(=O)COC(=O)c2ccccc2F)c([N+](=O)[O-])cc1C. The summed E-state index contributed by atoms with van der Waals surface area (Å²) < 4.78 is 18.2. The van der Waals surface area contributed by atoms with Crippen molar-refractivity contribution in [3.8, 4) is 0 Å². The van der Waals surface area contributed by atoms with Crippen molar-refractivity contribution in [3.63, 3.8) is 0 Å². The van der Waals surface area contributed by atoms with Crippen molar-refractivity contribution >= 4 is 23.3 Å². The fourth-order valence-corrected chi connectivity index (χ4v) is 2.07. The third kappa shape index (κ3) is 4.37. The molecule has 0 fully saturated rings. The van der Waals surface area contributed by atoms with Crippen molar-refractivity contribution in [2.75, 3.05) is 11.9 Å². The maximum atomic E-state index is 13.5. The van der Waals surface area contributed by atoms with E-state index in [1.54, 1.807) is 13.8 Å². The number of hydrogen-bond acceptors (Lipinski definition) is 5. The molecule has 0 saturated heterocycles. The first-order valence-corrected chi connectivity index (χ1v) is 7.26. The number of amides is 1. The summed E-state index contributed by atoms with van der Waals surface area (Å²) in [5.74, 6) is -2.53. The molecule has 25 heavy (non-hydrogen) atoms. The summed E-state index contributed by atoms with van der Waals surface area (Å²) in [5, 5.41) is 13.4. The molecule has 2 aromatic carbocycles. The Balaban J connectivity index is 2.06. The van der Waals surface area contributed by atoms with E-state index in [0.717, 1.165) is 11.6 Å². The first-order valence-electron chi connectivity index (χ1n) is 7.26. The van der Waals surface area contributed by atoms with Crippen molar-refractivity contribution in [3.05, 3.63) is 69.0 Å². The molecule has 0 aliphatic carbocycles. The minimum absolute atomic E-state index is 0.0000376. The molecule has 0 saturated carbocycles. The van der Waals surface area contributed by atoms with Gasteiger partial charge in [-0.25, -0.2) is 9.18 Å². The number of esters is 1. The van der Waals surface area contributed by atoms with E-state index in [1.807, 2.05) is 0 Å². The van der Waals surface area contributed by atoms with Gasteiger partial charge in [0.25, 0.3) is 11.6 Å². The number of benzene rings is 2. The van der Waals surface area contributed by atoms with Gasteiger partial charge < -0.3 is 10.1 Å². The largest absolute Gasteiger partial charge is 0.452 e. The van der Waals surface area contributed by atoms with Gasteiger partial charge in [0.15, 0.2) is 6.61 Å². The second kappa shape index (κ2) is 7.52. The van der Waals surface area contributed by atoms with Crippen molar-refractivity contribution in [2.45, 2.75) is 13.8 Å². The van der Waals surface area contributed by atoms with Crippen LogP contribution in [-0.4, -0.2) is 23.4 Å². The Morgan fingerprint density at radius 2 is 1.84 bits per heavy atom. The lowest BCUT2D eigenvalue weighted by atomic mass is 10.1. The zero-order valence-corrected chi connectivity index (χ0v) is 13.5. The van der Waals surface area contributed by atoms with E-state index in [4.69, 9.17) is 4.74 Å². The van der Waals surface area contributed by atoms with Crippen molar-refractivity contribution in [1.82, 2.24) is 0 Å². The Morgan fingerprint density at radius 1 is 1.20 bits per heavy atom. The molecule has 130 valence electrons. The summed E-state index contributed by atoms with van der Waals surface area (Å²) in [6.45, 7) is 2.76. The molecule has 1 amide bonds. The number of aryl methyl sites for hydroxylation is 2. The van der Waals surface area contributed by atoms with E-state index < -0.39 is 29.2 Å². The number of hydrogen-bond donors (Lipinski definition) is 1. The first kappa shape index (κ1) is 18.1. The summed E-state index contributed by atoms with van der Waals surface area (Å²) >= 11 is 0. The van der Waals surface area contributed by atoms with Crippen LogP contribution in [0.2, 0.25) is 0 Å². The zero-order valence-electron chi connectivity index (χ0n) is 13.5. The molecular formula is C17H15FN2O5. The normalized spacial score (nSPS) is 10.2. The highest BCUT2D eigenvalue weighted by atomic mass is 19.1. The van der Waals surface area contributed by atoms with Gasteiger partial charge >= 0.3 is 5.97 Å². The maximum absolute atomic E-state index is 13.5. The minimum atomic E-state index is -0.997. The van der Waals surface area contributed by atoms with Crippen LogP contribution in [0.4, 0.5) is 15.8 Å². The van der Waals surface area contributed by atoms with E-state index in [-0.39, 0.29) is 16.9 Å². The molecule has 0 aliphatic rings. The molecule has 2 aromatic rings. The van der Waals surface area contributed by atoms with Crippen LogP contribution in [0.15, 0.2) is 36.4 Å². The number of carbonyl (C=O) groups excluding carboxylic acids is 2. The fraction of sp³-hybridized carbons (Fsp3) is 0.176. The smallest absolute Gasteiger partial charge is 0.341 e. The zero-order chi connectivity index (χ0) is 18.6. The van der Waals surface area contributed by atoms with Gasteiger partial charge in [-0.15, -0.1) is 0 Å². The molecule has 0 atom stereocenters. The second-order valence-corrected chi connectivity index (χ2v) is 5.31. The molecule has 2 rings (SSSR count). The van der Waals surface area contributed by atoms with E-state index >= 15 is 0 Å². The molecule has 8 heteroatoms. The number of nitrogens with zero attached hydrogens (tertiary/aromatic N) is 1. The van der Waals surface area contributed by atoms with Gasteiger partial charge in [0.05, 0.1) is 10.5 Å². The van der Waals surface area contributed by atoms with E-state index in [9.17, 15) is 24.1 Å². The molecule has 0 aliphatic heterocycles. The summed E-state index contributed by atoms with van der Waals surface area (Å²) in [6, 6.07) is 8.00. The predicted octanol–water partition coefficient (Wildman–Crippen LogP) is 3.15. The topological polar surface area (TPSA) is 98.5 Å². The monoisotopic (exact) mass is 346 g/mol. The van der Waals surface area contributed by atoms with Gasteiger partial charge in [0.1, 0.15) is 11.5 Å². The van der Waals surface area contributed by atoms with Crippen molar-refractivity contribution < 1.29 is 23.6 Å². The number of anilines is 1. The quantitative estimate of drug-likeness (QED) is 0.509. The molecule has 0 heterocycles. The van der Waals surface area contributed by atoms with Gasteiger partial charge in [-0.2, -0.15) is 0 Å². The summed E-state index contributed by atoms with van der Waals surface area (Å²) in [5.41, 5.74) is 0.893. The highest BCUT2D eigenvalue weighted by Crippen LogP contribution is 2.27. The second-order valence-electron chi connectivity index (χ2n) is 5.31. The summed E-state index contributed by atoms with van der Waals surface area (Å²) in [6.07, 6.45) is 0. The van der Waals surface area contributed by atoms with Gasteiger partial charge in [0.2, 0.25) is 0 Å². The van der Waals surface area contributed by atoms with Crippen LogP contribution < -0.4 is 5.32 Å². The highest BCUT2D eigenvalue weighted by Gasteiger charge is 2.19. The first-order chi connectivity index (χ1) is 11.8. The Labute approximate surface area is 142 Å². The number of ether oxygens (including phenoxy) is 1. The van der Waals surface area contributed by atoms with Crippen molar-refractivity contribution in [2.24, 2.45) is 0 Å². The molecular weight excluding hydrogens is 331 g/mol. The number of carbonyl (C=O) groups is 2. The molecule has 0 spiro atoms. The van der Waals surface area contributed by atoms with Crippen LogP contribution in [0.25, 0.3) is 0 Å². The molecule has 0 unspecified atom stereocenters. The minimum Gasteiger partial charge on any atom is -0.452 e. The third-order valence-corrected chi connectivity index (χ3v) is 3.51. The average molecular weight is 346 g/mol. The number of nitrogens with one attached hydrogen (secondary N) is 1. The molecule has 0 radical (unpaired) electrons. The number of rotatable bonds is 5. The Bertz CT molecular complexity index is 851. The Morgan fingerprint density at radius 3 is 2.48 bits per heavy atom. The Hall–Kier alpha value is -3.29. The van der Waals surface area contributed by atoms with Crippen LogP contribution >= 0.6 is 0 Å². The fourth-order valence-electron chi connectivity index (χ4n) is 2.07. The molecule has 0 aromatic heterocycles. The average Bonchev–Trinajstić information content (AvgIpc) is 2.56. The van der Waals surface area contributed by atoms with Crippen LogP contribution in [-0.2, 0) is 9.53 Å². The van der Waals surface area contributed by atoms with Gasteiger partial charge in [-0.3, -0.25) is 14.9 Å². The molecule has 1 N–H and O–H groups in total. The molecule has 0 bridgehead atoms. The highest BCUT2D eigenvalue weighted by molar-refractivity contribution is 5.97. The summed E-state index contributed by atoms with van der Waals surface area (Å²) in [4.78, 5) is 34.1. The number of nitro benzene ring substituents is 1. The lowest BCUT2D eigenvalue weighted by Gasteiger charge is -2.09. The van der Waals surface area contributed by atoms with Gasteiger partial charge in [-0.1, -0.05) is 12.1 Å². The van der Waals surface area contributed by atoms with E-state index in [1.165, 1.54) is 30.3 Å². The van der Waals surface area contributed by atoms with Crippen LogP contribution in [0.1, 0.15) is 21.5 Å². The summed E-state index contributed by atoms with van der Waals surface area (Å²) in [7, 11) is 0. The van der Waals surface area contributed by atoms with Gasteiger partial charge in [-0.05, 0) is 43.2 Å². The predicted molar refractivity (Wildman–Crippen MR) is 87.9 cm³/mol. The van der Waals surface area contributed by atoms with Crippen molar-refractivity contribution in [1.29, 1.82) is 0 Å². The number of nitro groups is 1. The van der Waals surface area contributed by atoms with Crippen LogP contribution in [0.5, 0.6) is 0 Å². The van der Waals surface area contributed by atoms with Crippen LogP contribution in [0.3, 0.4) is 0 Å². The van der Waals surface area contributed by atoms with Crippen LogP contribution in [0, 0.1) is 29.8 Å². The third-order valence-electron chi connectivity index (χ3n) is 3.51.